The molecule has 2 rings (SSSR count). The molecule has 0 heterocycles. The first-order chi connectivity index (χ1) is 12.2. The number of benzene rings is 2. The Bertz CT molecular complexity index is 773. The molecular weight excluding hydrogens is 358 g/mol. The normalized spacial score (nSPS) is 11.7. The molecule has 0 saturated carbocycles. The number of ether oxygens (including phenoxy) is 1. The Balaban J connectivity index is 0.000000273. The summed E-state index contributed by atoms with van der Waals surface area (Å²) >= 11 is 0. The van der Waals surface area contributed by atoms with Crippen LogP contribution in [0.25, 0.3) is 0 Å². The summed E-state index contributed by atoms with van der Waals surface area (Å²) in [4.78, 5) is 10.9. The topological polar surface area (TPSA) is 116 Å². The molecule has 0 fully saturated rings. The number of aryl methyl sites for hydroxylation is 1. The summed E-state index contributed by atoms with van der Waals surface area (Å²) in [5.74, 6) is 0. The Morgan fingerprint density at radius 3 is 2.23 bits per heavy atom. The average Bonchev–Trinajstić information content (AvgIpc) is 2.59. The fourth-order valence-corrected chi connectivity index (χ4v) is 2.18. The van der Waals surface area contributed by atoms with E-state index in [0.717, 1.165) is 11.1 Å². The maximum atomic E-state index is 11.1. The monoisotopic (exact) mass is 380 g/mol. The van der Waals surface area contributed by atoms with Crippen LogP contribution in [0.3, 0.4) is 0 Å². The molecule has 8 heteroatoms. The summed E-state index contributed by atoms with van der Waals surface area (Å²) in [5.41, 5.74) is 1.86. The van der Waals surface area contributed by atoms with Crippen LogP contribution in [0.2, 0.25) is 0 Å². The van der Waals surface area contributed by atoms with Crippen LogP contribution in [0, 0.1) is 6.92 Å². The van der Waals surface area contributed by atoms with Gasteiger partial charge in [0, 0.05) is 6.54 Å². The van der Waals surface area contributed by atoms with Crippen LogP contribution in [0.5, 0.6) is 0 Å². The number of carbonyl (C=O) groups excluding carboxylic acids is 1. The van der Waals surface area contributed by atoms with Crippen molar-refractivity contribution in [2.45, 2.75) is 31.5 Å². The molecule has 7 nitrogen and oxygen atoms in total. The van der Waals surface area contributed by atoms with Crippen molar-refractivity contribution in [1.82, 2.24) is 5.32 Å². The van der Waals surface area contributed by atoms with E-state index in [2.05, 4.69) is 5.32 Å². The first kappa shape index (κ1) is 21.6. The number of aliphatic hydroxyl groups excluding tert-OH is 1. The first-order valence-electron chi connectivity index (χ1n) is 7.83. The zero-order valence-corrected chi connectivity index (χ0v) is 15.4. The predicted molar refractivity (Wildman–Crippen MR) is 95.5 cm³/mol. The molecule has 0 aliphatic carbocycles. The Morgan fingerprint density at radius 2 is 1.73 bits per heavy atom. The third-order valence-electron chi connectivity index (χ3n) is 3.06. The number of carbonyl (C=O) groups is 1. The number of rotatable bonds is 5. The van der Waals surface area contributed by atoms with E-state index in [-0.39, 0.29) is 18.0 Å². The van der Waals surface area contributed by atoms with Gasteiger partial charge in [-0.25, -0.2) is 13.2 Å². The van der Waals surface area contributed by atoms with Crippen molar-refractivity contribution in [3.05, 3.63) is 65.7 Å². The second kappa shape index (κ2) is 10.5. The Morgan fingerprint density at radius 1 is 1.15 bits per heavy atom. The fourth-order valence-electron chi connectivity index (χ4n) is 1.71. The van der Waals surface area contributed by atoms with E-state index in [1.165, 1.54) is 12.1 Å². The first-order valence-corrected chi connectivity index (χ1v) is 9.24. The minimum absolute atomic E-state index is 0.178. The van der Waals surface area contributed by atoms with E-state index < -0.39 is 22.3 Å². The van der Waals surface area contributed by atoms with E-state index >= 15 is 0 Å². The van der Waals surface area contributed by atoms with E-state index in [0.29, 0.717) is 0 Å². The lowest BCUT2D eigenvalue weighted by Crippen LogP contribution is -2.30. The molecule has 2 aromatic carbocycles. The third-order valence-corrected chi connectivity index (χ3v) is 3.91. The molecule has 1 amide bonds. The minimum Gasteiger partial charge on any atom is -0.744 e. The molecule has 0 bridgehead atoms. The fraction of sp³-hybridized carbons (Fsp3) is 0.278. The van der Waals surface area contributed by atoms with Crippen LogP contribution in [0.4, 0.5) is 4.79 Å². The standard InChI is InChI=1S/C11H15NO3.C7H8O3S/c1-9(13)7-12-11(14)15-8-10-5-3-2-4-6-10;1-6-2-4-7(5-3-6)11(8,9)10/h2-6,9,13H,7-8H2,1H3,(H,12,14);2-5H,1H3,(H,8,9,10)/p-1. The molecule has 0 saturated heterocycles. The largest absolute Gasteiger partial charge is 0.744 e. The number of aliphatic hydroxyl groups is 1. The van der Waals surface area contributed by atoms with Gasteiger partial charge in [0.25, 0.3) is 0 Å². The second-order valence-electron chi connectivity index (χ2n) is 5.56. The SMILES string of the molecule is CC(O)CNC(=O)OCc1ccccc1.Cc1ccc(S(=O)(=O)[O-])cc1. The van der Waals surface area contributed by atoms with Crippen LogP contribution >= 0.6 is 0 Å². The molecule has 0 radical (unpaired) electrons. The highest BCUT2D eigenvalue weighted by Gasteiger charge is 2.03. The lowest BCUT2D eigenvalue weighted by molar-refractivity contribution is 0.129. The molecule has 142 valence electrons. The quantitative estimate of drug-likeness (QED) is 0.768. The van der Waals surface area contributed by atoms with Gasteiger partial charge in [-0.2, -0.15) is 0 Å². The summed E-state index contributed by atoms with van der Waals surface area (Å²) in [6.07, 6.45) is -1.07. The number of nitrogens with one attached hydrogen (secondary N) is 1. The van der Waals surface area contributed by atoms with Crippen molar-refractivity contribution < 1.29 is 27.6 Å². The summed E-state index contributed by atoms with van der Waals surface area (Å²) in [6, 6.07) is 15.2. The number of amides is 1. The van der Waals surface area contributed by atoms with Crippen molar-refractivity contribution in [3.8, 4) is 0 Å². The van der Waals surface area contributed by atoms with Gasteiger partial charge in [-0.05, 0) is 31.5 Å². The Labute approximate surface area is 153 Å². The van der Waals surface area contributed by atoms with Gasteiger partial charge in [0.15, 0.2) is 0 Å². The molecular formula is C18H22NO6S-. The summed E-state index contributed by atoms with van der Waals surface area (Å²) < 4.78 is 36.1. The molecule has 26 heavy (non-hydrogen) atoms. The van der Waals surface area contributed by atoms with Crippen molar-refractivity contribution in [2.75, 3.05) is 6.54 Å². The Kier molecular flexibility index (Phi) is 8.77. The van der Waals surface area contributed by atoms with Crippen LogP contribution in [-0.2, 0) is 21.5 Å². The maximum Gasteiger partial charge on any atom is 0.407 e. The highest BCUT2D eigenvalue weighted by atomic mass is 32.2. The van der Waals surface area contributed by atoms with Crippen LogP contribution in [0.1, 0.15) is 18.1 Å². The van der Waals surface area contributed by atoms with Gasteiger partial charge in [-0.3, -0.25) is 0 Å². The Hall–Kier alpha value is -2.42. The summed E-state index contributed by atoms with van der Waals surface area (Å²) in [7, 11) is -4.27. The van der Waals surface area contributed by atoms with Crippen molar-refractivity contribution in [3.63, 3.8) is 0 Å². The number of alkyl carbamates (subject to hydrolysis) is 1. The molecule has 0 aromatic heterocycles. The van der Waals surface area contributed by atoms with Crippen molar-refractivity contribution >= 4 is 16.2 Å². The van der Waals surface area contributed by atoms with E-state index in [1.807, 2.05) is 37.3 Å². The third kappa shape index (κ3) is 9.16. The predicted octanol–water partition coefficient (Wildman–Crippen LogP) is 2.19. The van der Waals surface area contributed by atoms with Crippen LogP contribution < -0.4 is 5.32 Å². The molecule has 0 aliphatic heterocycles. The van der Waals surface area contributed by atoms with Gasteiger partial charge >= 0.3 is 6.09 Å². The second-order valence-corrected chi connectivity index (χ2v) is 6.94. The molecule has 2 N–H and O–H groups in total. The zero-order chi connectivity index (χ0) is 19.6. The zero-order valence-electron chi connectivity index (χ0n) is 14.6. The lowest BCUT2D eigenvalue weighted by Gasteiger charge is -2.08. The summed E-state index contributed by atoms with van der Waals surface area (Å²) in [6.45, 7) is 3.86. The number of hydrogen-bond donors (Lipinski definition) is 2. The van der Waals surface area contributed by atoms with E-state index in [1.54, 1.807) is 19.1 Å². The molecule has 1 unspecified atom stereocenters. The van der Waals surface area contributed by atoms with Gasteiger partial charge in [-0.1, -0.05) is 48.0 Å². The average molecular weight is 380 g/mol. The van der Waals surface area contributed by atoms with Crippen LogP contribution in [-0.4, -0.2) is 36.8 Å². The van der Waals surface area contributed by atoms with E-state index in [4.69, 9.17) is 9.84 Å². The van der Waals surface area contributed by atoms with Gasteiger partial charge in [0.05, 0.1) is 11.0 Å². The minimum atomic E-state index is -4.27. The van der Waals surface area contributed by atoms with Crippen molar-refractivity contribution in [1.29, 1.82) is 0 Å². The highest BCUT2D eigenvalue weighted by Crippen LogP contribution is 2.08. The smallest absolute Gasteiger partial charge is 0.407 e. The van der Waals surface area contributed by atoms with Gasteiger partial charge in [-0.15, -0.1) is 0 Å². The van der Waals surface area contributed by atoms with Gasteiger partial charge in [0.1, 0.15) is 16.7 Å². The number of hydrogen-bond acceptors (Lipinski definition) is 6. The van der Waals surface area contributed by atoms with Crippen molar-refractivity contribution in [2.24, 2.45) is 0 Å². The molecule has 0 aliphatic rings. The van der Waals surface area contributed by atoms with Crippen LogP contribution in [0.15, 0.2) is 59.5 Å². The summed E-state index contributed by atoms with van der Waals surface area (Å²) in [5, 5.41) is 11.4. The lowest BCUT2D eigenvalue weighted by atomic mass is 10.2. The van der Waals surface area contributed by atoms with Gasteiger partial charge in [0.2, 0.25) is 0 Å². The molecule has 2 aromatic rings. The highest BCUT2D eigenvalue weighted by molar-refractivity contribution is 7.85. The van der Waals surface area contributed by atoms with E-state index in [9.17, 15) is 17.8 Å². The maximum absolute atomic E-state index is 11.1. The molecule has 0 spiro atoms. The molecule has 1 atom stereocenters. The van der Waals surface area contributed by atoms with Gasteiger partial charge < -0.3 is 19.7 Å².